The number of ketones is 1. The van der Waals surface area contributed by atoms with Gasteiger partial charge in [-0.2, -0.15) is 0 Å². The van der Waals surface area contributed by atoms with Crippen LogP contribution in [-0.4, -0.2) is 14.2 Å². The molecule has 0 spiro atoms. The quantitative estimate of drug-likeness (QED) is 0.809. The third-order valence-corrected chi connectivity index (χ3v) is 5.82. The van der Waals surface area contributed by atoms with E-state index in [4.69, 9.17) is 0 Å². The average Bonchev–Trinajstić information content (AvgIpc) is 2.43. The first kappa shape index (κ1) is 13.1. The summed E-state index contributed by atoms with van der Waals surface area (Å²) >= 11 is 0. The molecule has 1 aliphatic heterocycles. The molecule has 102 valence electrons. The van der Waals surface area contributed by atoms with E-state index >= 15 is 0 Å². The Kier molecular flexibility index (Phi) is 2.98. The fraction of sp³-hybridized carbons (Fsp3) is 0.188. The number of carbonyl (C=O) groups excluding carboxylic acids is 1. The van der Waals surface area contributed by atoms with Gasteiger partial charge in [-0.3, -0.25) is 4.79 Å². The Labute approximate surface area is 118 Å². The van der Waals surface area contributed by atoms with Gasteiger partial charge >= 0.3 is 0 Å². The van der Waals surface area contributed by atoms with Crippen molar-refractivity contribution in [1.82, 2.24) is 0 Å². The van der Waals surface area contributed by atoms with Crippen molar-refractivity contribution in [3.63, 3.8) is 0 Å². The van der Waals surface area contributed by atoms with Gasteiger partial charge in [0.2, 0.25) is 0 Å². The maximum atomic E-state index is 12.7. The largest absolute Gasteiger partial charge is 0.294 e. The van der Waals surface area contributed by atoms with Crippen LogP contribution in [0.2, 0.25) is 0 Å². The van der Waals surface area contributed by atoms with Crippen LogP contribution >= 0.6 is 0 Å². The number of rotatable bonds is 1. The van der Waals surface area contributed by atoms with Gasteiger partial charge in [0.1, 0.15) is 0 Å². The molecule has 0 radical (unpaired) electrons. The van der Waals surface area contributed by atoms with Gasteiger partial charge < -0.3 is 0 Å². The van der Waals surface area contributed by atoms with E-state index in [1.165, 1.54) is 0 Å². The van der Waals surface area contributed by atoms with E-state index in [0.29, 0.717) is 11.1 Å². The van der Waals surface area contributed by atoms with Crippen LogP contribution in [0.25, 0.3) is 0 Å². The molecule has 0 fully saturated rings. The van der Waals surface area contributed by atoms with Crippen LogP contribution in [0.1, 0.15) is 33.2 Å². The number of aryl methyl sites for hydroxylation is 1. The summed E-state index contributed by atoms with van der Waals surface area (Å²) in [6.45, 7) is 1.85. The van der Waals surface area contributed by atoms with Gasteiger partial charge in [-0.05, 0) is 24.6 Å². The maximum Gasteiger partial charge on any atom is 0.186 e. The molecule has 4 heteroatoms. The van der Waals surface area contributed by atoms with Gasteiger partial charge in [0.15, 0.2) is 15.6 Å². The molecule has 0 amide bonds. The summed E-state index contributed by atoms with van der Waals surface area (Å²) in [4.78, 5) is 12.4. The molecule has 2 aromatic rings. The van der Waals surface area contributed by atoms with Crippen molar-refractivity contribution in [2.75, 3.05) is 0 Å². The molecule has 1 heterocycles. The Balaban J connectivity index is 2.20. The van der Waals surface area contributed by atoms with Crippen molar-refractivity contribution < 1.29 is 13.2 Å². The minimum atomic E-state index is -3.51. The van der Waals surface area contributed by atoms with Gasteiger partial charge in [0.25, 0.3) is 0 Å². The van der Waals surface area contributed by atoms with Crippen LogP contribution in [0.3, 0.4) is 0 Å². The molecular weight excluding hydrogens is 272 g/mol. The standard InChI is InChI=1S/C16H14O3S/c1-11-7-8-15-13(9-11)14(17)10-16(20(15,18)19)12-5-3-2-4-6-12/h2-9,16H,10H2,1H3. The monoisotopic (exact) mass is 286 g/mol. The normalized spacial score (nSPS) is 20.4. The second-order valence-corrected chi connectivity index (χ2v) is 7.17. The topological polar surface area (TPSA) is 51.2 Å². The molecule has 1 atom stereocenters. The van der Waals surface area contributed by atoms with Crippen molar-refractivity contribution in [1.29, 1.82) is 0 Å². The minimum Gasteiger partial charge on any atom is -0.294 e. The number of hydrogen-bond acceptors (Lipinski definition) is 3. The summed E-state index contributed by atoms with van der Waals surface area (Å²) < 4.78 is 25.4. The van der Waals surface area contributed by atoms with Gasteiger partial charge in [0, 0.05) is 12.0 Å². The zero-order valence-corrected chi connectivity index (χ0v) is 11.9. The van der Waals surface area contributed by atoms with Crippen molar-refractivity contribution in [3.05, 3.63) is 65.2 Å². The third kappa shape index (κ3) is 1.96. The lowest BCUT2D eigenvalue weighted by atomic mass is 10.00. The molecule has 2 aromatic carbocycles. The molecular formula is C16H14O3S. The lowest BCUT2D eigenvalue weighted by Gasteiger charge is -2.24. The third-order valence-electron chi connectivity index (χ3n) is 3.66. The molecule has 3 rings (SSSR count). The van der Waals surface area contributed by atoms with E-state index in [2.05, 4.69) is 0 Å². The minimum absolute atomic E-state index is 0.0167. The van der Waals surface area contributed by atoms with Crippen LogP contribution in [0.4, 0.5) is 0 Å². The summed E-state index contributed by atoms with van der Waals surface area (Å²) in [5.41, 5.74) is 1.90. The van der Waals surface area contributed by atoms with E-state index < -0.39 is 15.1 Å². The molecule has 20 heavy (non-hydrogen) atoms. The van der Waals surface area contributed by atoms with Crippen LogP contribution in [0.15, 0.2) is 53.4 Å². The zero-order chi connectivity index (χ0) is 14.3. The smallest absolute Gasteiger partial charge is 0.186 e. The highest BCUT2D eigenvalue weighted by Crippen LogP contribution is 2.39. The Morgan fingerprint density at radius 2 is 1.75 bits per heavy atom. The maximum absolute atomic E-state index is 12.7. The lowest BCUT2D eigenvalue weighted by molar-refractivity contribution is 0.0974. The second-order valence-electron chi connectivity index (χ2n) is 5.07. The Morgan fingerprint density at radius 1 is 1.05 bits per heavy atom. The first-order valence-electron chi connectivity index (χ1n) is 6.43. The molecule has 0 N–H and O–H groups in total. The number of hydrogen-bond donors (Lipinski definition) is 0. The van der Waals surface area contributed by atoms with E-state index in [-0.39, 0.29) is 17.1 Å². The van der Waals surface area contributed by atoms with Gasteiger partial charge in [-0.25, -0.2) is 8.42 Å². The van der Waals surface area contributed by atoms with Crippen molar-refractivity contribution in [2.45, 2.75) is 23.5 Å². The first-order chi connectivity index (χ1) is 9.50. The van der Waals surface area contributed by atoms with Crippen LogP contribution in [0.5, 0.6) is 0 Å². The molecule has 1 unspecified atom stereocenters. The Morgan fingerprint density at radius 3 is 2.45 bits per heavy atom. The molecule has 0 saturated carbocycles. The summed E-state index contributed by atoms with van der Waals surface area (Å²) in [7, 11) is -3.51. The highest BCUT2D eigenvalue weighted by atomic mass is 32.2. The summed E-state index contributed by atoms with van der Waals surface area (Å²) in [6, 6.07) is 13.9. The summed E-state index contributed by atoms with van der Waals surface area (Å²) in [5.74, 6) is -0.104. The fourth-order valence-corrected chi connectivity index (χ4v) is 4.55. The number of Topliss-reactive ketones (excluding diaryl/α,β-unsaturated/α-hetero) is 1. The lowest BCUT2D eigenvalue weighted by Crippen LogP contribution is -2.25. The predicted octanol–water partition coefficient (Wildman–Crippen LogP) is 3.10. The highest BCUT2D eigenvalue weighted by molar-refractivity contribution is 7.92. The van der Waals surface area contributed by atoms with E-state index in [1.807, 2.05) is 13.0 Å². The van der Waals surface area contributed by atoms with Crippen molar-refractivity contribution in [2.24, 2.45) is 0 Å². The highest BCUT2D eigenvalue weighted by Gasteiger charge is 2.38. The number of benzene rings is 2. The number of carbonyl (C=O) groups is 1. The van der Waals surface area contributed by atoms with Gasteiger partial charge in [-0.15, -0.1) is 0 Å². The fourth-order valence-electron chi connectivity index (χ4n) is 2.62. The average molecular weight is 286 g/mol. The summed E-state index contributed by atoms with van der Waals surface area (Å²) in [5, 5.41) is -0.772. The Hall–Kier alpha value is -1.94. The van der Waals surface area contributed by atoms with Crippen molar-refractivity contribution in [3.8, 4) is 0 Å². The summed E-state index contributed by atoms with van der Waals surface area (Å²) in [6.07, 6.45) is 0.0167. The van der Waals surface area contributed by atoms with Crippen LogP contribution < -0.4 is 0 Å². The predicted molar refractivity (Wildman–Crippen MR) is 76.5 cm³/mol. The van der Waals surface area contributed by atoms with E-state index in [9.17, 15) is 13.2 Å². The first-order valence-corrected chi connectivity index (χ1v) is 7.97. The molecule has 1 aliphatic rings. The second kappa shape index (κ2) is 4.56. The zero-order valence-electron chi connectivity index (χ0n) is 11.0. The number of fused-ring (bicyclic) bond motifs is 1. The molecule has 0 bridgehead atoms. The van der Waals surface area contributed by atoms with Gasteiger partial charge in [0.05, 0.1) is 10.1 Å². The molecule has 0 aromatic heterocycles. The van der Waals surface area contributed by atoms with E-state index in [1.54, 1.807) is 42.5 Å². The van der Waals surface area contributed by atoms with Crippen LogP contribution in [0, 0.1) is 6.92 Å². The molecule has 0 aliphatic carbocycles. The molecule has 3 nitrogen and oxygen atoms in total. The van der Waals surface area contributed by atoms with Crippen LogP contribution in [-0.2, 0) is 9.84 Å². The van der Waals surface area contributed by atoms with Crippen molar-refractivity contribution >= 4 is 15.6 Å². The molecule has 0 saturated heterocycles. The van der Waals surface area contributed by atoms with E-state index in [0.717, 1.165) is 5.56 Å². The SMILES string of the molecule is Cc1ccc2c(c1)C(=O)CC(c1ccccc1)S2(=O)=O. The number of sulfone groups is 1. The Bertz CT molecular complexity index is 777. The van der Waals surface area contributed by atoms with Gasteiger partial charge in [-0.1, -0.05) is 42.0 Å².